The third-order valence-electron chi connectivity index (χ3n) is 2.75. The molecule has 0 aliphatic heterocycles. The van der Waals surface area contributed by atoms with Gasteiger partial charge in [0.05, 0.1) is 6.61 Å². The van der Waals surface area contributed by atoms with Gasteiger partial charge in [-0.05, 0) is 19.4 Å². The molecule has 0 fully saturated rings. The fraction of sp³-hybridized carbons (Fsp3) is 0.400. The molecule has 1 unspecified atom stereocenters. The van der Waals surface area contributed by atoms with E-state index in [9.17, 15) is 9.59 Å². The maximum Gasteiger partial charge on any atom is 0.326 e. The number of allylic oxidation sites excluding steroid dienone is 1. The number of carbonyl (C=O) groups excluding carboxylic acids is 1. The van der Waals surface area contributed by atoms with Crippen molar-refractivity contribution >= 4 is 11.9 Å². The monoisotopic (exact) mass is 308 g/mol. The Labute approximate surface area is 129 Å². The zero-order chi connectivity index (χ0) is 16.4. The topological polar surface area (TPSA) is 97.8 Å². The molecule has 1 atom stereocenters. The third kappa shape index (κ3) is 5.92. The van der Waals surface area contributed by atoms with Crippen molar-refractivity contribution in [1.29, 1.82) is 0 Å². The van der Waals surface area contributed by atoms with Crippen LogP contribution in [-0.4, -0.2) is 48.3 Å². The number of aromatic nitrogens is 1. The van der Waals surface area contributed by atoms with Gasteiger partial charge in [0.25, 0.3) is 5.91 Å². The second kappa shape index (κ2) is 9.51. The average Bonchev–Trinajstić information content (AvgIpc) is 2.51. The number of hydrogen-bond donors (Lipinski definition) is 2. The number of carbonyl (C=O) groups is 2. The summed E-state index contributed by atoms with van der Waals surface area (Å²) in [6, 6.07) is 1.97. The molecule has 0 aliphatic carbocycles. The number of carboxylic acids is 1. The summed E-state index contributed by atoms with van der Waals surface area (Å²) < 4.78 is 10.2. The van der Waals surface area contributed by atoms with Crippen molar-refractivity contribution in [3.8, 4) is 5.88 Å². The van der Waals surface area contributed by atoms with Crippen molar-refractivity contribution in [2.24, 2.45) is 0 Å². The van der Waals surface area contributed by atoms with Gasteiger partial charge in [0.1, 0.15) is 12.6 Å². The minimum absolute atomic E-state index is 0.222. The summed E-state index contributed by atoms with van der Waals surface area (Å²) in [6.07, 6.45) is 5.07. The van der Waals surface area contributed by atoms with E-state index in [-0.39, 0.29) is 17.9 Å². The van der Waals surface area contributed by atoms with Crippen LogP contribution in [0.15, 0.2) is 30.5 Å². The van der Waals surface area contributed by atoms with Gasteiger partial charge in [-0.25, -0.2) is 9.78 Å². The van der Waals surface area contributed by atoms with Crippen LogP contribution in [-0.2, 0) is 9.53 Å². The summed E-state index contributed by atoms with van der Waals surface area (Å²) in [5.74, 6) is -1.29. The van der Waals surface area contributed by atoms with Gasteiger partial charge < -0.3 is 19.9 Å². The zero-order valence-electron chi connectivity index (χ0n) is 12.6. The lowest BCUT2D eigenvalue weighted by Crippen LogP contribution is -2.40. The smallest absolute Gasteiger partial charge is 0.326 e. The number of nitrogens with zero attached hydrogens (tertiary/aromatic N) is 1. The number of aliphatic carboxylic acids is 1. The molecule has 1 aromatic rings. The molecule has 0 saturated carbocycles. The number of methoxy groups -OCH3 is 1. The number of hydrogen-bond acceptors (Lipinski definition) is 5. The van der Waals surface area contributed by atoms with Gasteiger partial charge in [-0.2, -0.15) is 0 Å². The minimum Gasteiger partial charge on any atom is -0.480 e. The third-order valence-corrected chi connectivity index (χ3v) is 2.75. The average molecular weight is 308 g/mol. The Morgan fingerprint density at radius 2 is 2.23 bits per heavy atom. The lowest BCUT2D eigenvalue weighted by Gasteiger charge is -2.13. The molecule has 1 heterocycles. The van der Waals surface area contributed by atoms with E-state index in [1.165, 1.54) is 18.3 Å². The molecule has 0 radical (unpaired) electrons. The fourth-order valence-electron chi connectivity index (χ4n) is 1.59. The van der Waals surface area contributed by atoms with Crippen LogP contribution < -0.4 is 10.1 Å². The molecule has 7 nitrogen and oxygen atoms in total. The number of pyridine rings is 1. The Morgan fingerprint density at radius 1 is 1.45 bits per heavy atom. The Balaban J connectivity index is 2.71. The number of rotatable bonds is 9. The number of amides is 1. The van der Waals surface area contributed by atoms with Crippen LogP contribution in [0, 0.1) is 0 Å². The molecule has 7 heteroatoms. The van der Waals surface area contributed by atoms with E-state index < -0.39 is 17.9 Å². The molecule has 0 saturated heterocycles. The van der Waals surface area contributed by atoms with Crippen molar-refractivity contribution in [2.45, 2.75) is 19.4 Å². The van der Waals surface area contributed by atoms with Crippen LogP contribution in [0.3, 0.4) is 0 Å². The van der Waals surface area contributed by atoms with Gasteiger partial charge >= 0.3 is 5.97 Å². The second-order valence-electron chi connectivity index (χ2n) is 4.39. The number of nitrogens with one attached hydrogen (secondary N) is 1. The van der Waals surface area contributed by atoms with Crippen LogP contribution in [0.2, 0.25) is 0 Å². The largest absolute Gasteiger partial charge is 0.480 e. The van der Waals surface area contributed by atoms with Crippen molar-refractivity contribution in [3.63, 3.8) is 0 Å². The summed E-state index contributed by atoms with van der Waals surface area (Å²) in [5, 5.41) is 11.6. The van der Waals surface area contributed by atoms with Crippen LogP contribution in [0.25, 0.3) is 0 Å². The molecule has 1 rings (SSSR count). The Hall–Kier alpha value is -2.41. The highest BCUT2D eigenvalue weighted by Gasteiger charge is 2.19. The van der Waals surface area contributed by atoms with Crippen molar-refractivity contribution in [3.05, 3.63) is 36.0 Å². The highest BCUT2D eigenvalue weighted by molar-refractivity contribution is 5.96. The lowest BCUT2D eigenvalue weighted by atomic mass is 10.1. The van der Waals surface area contributed by atoms with E-state index >= 15 is 0 Å². The first-order chi connectivity index (χ1) is 10.6. The highest BCUT2D eigenvalue weighted by Crippen LogP contribution is 2.10. The summed E-state index contributed by atoms with van der Waals surface area (Å²) in [5.41, 5.74) is 0.286. The quantitative estimate of drug-likeness (QED) is 0.526. The molecular formula is C15H20N2O5. The molecule has 120 valence electrons. The molecule has 1 aromatic heterocycles. The van der Waals surface area contributed by atoms with Crippen LogP contribution in [0.5, 0.6) is 5.88 Å². The van der Waals surface area contributed by atoms with E-state index in [0.717, 1.165) is 0 Å². The van der Waals surface area contributed by atoms with Crippen molar-refractivity contribution < 1.29 is 24.2 Å². The van der Waals surface area contributed by atoms with E-state index in [1.807, 2.05) is 0 Å². The van der Waals surface area contributed by atoms with E-state index in [1.54, 1.807) is 26.2 Å². The predicted octanol–water partition coefficient (Wildman–Crippen LogP) is 1.26. The first-order valence-corrected chi connectivity index (χ1v) is 6.81. The second-order valence-corrected chi connectivity index (χ2v) is 4.39. The van der Waals surface area contributed by atoms with Gasteiger partial charge in [0.2, 0.25) is 5.88 Å². The minimum atomic E-state index is -1.09. The van der Waals surface area contributed by atoms with Crippen molar-refractivity contribution in [2.75, 3.05) is 20.3 Å². The predicted molar refractivity (Wildman–Crippen MR) is 79.9 cm³/mol. The molecular weight excluding hydrogens is 288 g/mol. The van der Waals surface area contributed by atoms with E-state index in [0.29, 0.717) is 13.2 Å². The SMILES string of the molecule is C/C=C/CC(NC(=O)c1ccnc(OCCOC)c1)C(=O)O. The first kappa shape index (κ1) is 17.6. The summed E-state index contributed by atoms with van der Waals surface area (Å²) in [4.78, 5) is 27.2. The molecule has 0 aromatic carbocycles. The Bertz CT molecular complexity index is 530. The Kier molecular flexibility index (Phi) is 7.63. The van der Waals surface area contributed by atoms with Crippen LogP contribution in [0.4, 0.5) is 0 Å². The highest BCUT2D eigenvalue weighted by atomic mass is 16.5. The first-order valence-electron chi connectivity index (χ1n) is 6.81. The van der Waals surface area contributed by atoms with Gasteiger partial charge in [-0.3, -0.25) is 4.79 Å². The molecule has 0 aliphatic rings. The molecule has 22 heavy (non-hydrogen) atoms. The number of carboxylic acid groups (broad SMARTS) is 1. The van der Waals surface area contributed by atoms with Crippen molar-refractivity contribution in [1.82, 2.24) is 10.3 Å². The lowest BCUT2D eigenvalue weighted by molar-refractivity contribution is -0.139. The molecule has 1 amide bonds. The zero-order valence-corrected chi connectivity index (χ0v) is 12.6. The molecule has 0 spiro atoms. The van der Waals surface area contributed by atoms with Gasteiger partial charge in [0, 0.05) is 24.9 Å². The molecule has 0 bridgehead atoms. The van der Waals surface area contributed by atoms with E-state index in [4.69, 9.17) is 14.6 Å². The standard InChI is InChI=1S/C15H20N2O5/c1-3-4-5-12(15(19)20)17-14(18)11-6-7-16-13(10-11)22-9-8-21-2/h3-4,6-7,10,12H,5,8-9H2,1-2H3,(H,17,18)(H,19,20)/b4-3+. The molecule has 2 N–H and O–H groups in total. The normalized spacial score (nSPS) is 12.1. The maximum atomic E-state index is 12.1. The Morgan fingerprint density at radius 3 is 2.86 bits per heavy atom. The van der Waals surface area contributed by atoms with Gasteiger partial charge in [-0.1, -0.05) is 12.2 Å². The fourth-order valence-corrected chi connectivity index (χ4v) is 1.59. The van der Waals surface area contributed by atoms with Crippen LogP contribution in [0.1, 0.15) is 23.7 Å². The summed E-state index contributed by atoms with van der Waals surface area (Å²) in [7, 11) is 1.55. The number of ether oxygens (including phenoxy) is 2. The summed E-state index contributed by atoms with van der Waals surface area (Å²) >= 11 is 0. The van der Waals surface area contributed by atoms with Gasteiger partial charge in [-0.15, -0.1) is 0 Å². The maximum absolute atomic E-state index is 12.1. The van der Waals surface area contributed by atoms with Gasteiger partial charge in [0.15, 0.2) is 0 Å². The van der Waals surface area contributed by atoms with E-state index in [2.05, 4.69) is 10.3 Å². The summed E-state index contributed by atoms with van der Waals surface area (Å²) in [6.45, 7) is 2.50. The van der Waals surface area contributed by atoms with Crippen LogP contribution >= 0.6 is 0 Å².